The Bertz CT molecular complexity index is 987. The monoisotopic (exact) mass is 428 g/mol. The largest absolute Gasteiger partial charge is 0.416 e. The highest BCUT2D eigenvalue weighted by Gasteiger charge is 2.33. The van der Waals surface area contributed by atoms with Crippen molar-refractivity contribution in [3.05, 3.63) is 59.2 Å². The zero-order valence-corrected chi connectivity index (χ0v) is 17.4. The summed E-state index contributed by atoms with van der Waals surface area (Å²) in [6, 6.07) is 8.21. The lowest BCUT2D eigenvalue weighted by molar-refractivity contribution is -0.137. The van der Waals surface area contributed by atoms with Crippen molar-refractivity contribution in [2.24, 2.45) is 0 Å². The molecule has 1 unspecified atom stereocenters. The average Bonchev–Trinajstić information content (AvgIpc) is 2.60. The number of nitrogens with zero attached hydrogens (tertiary/aromatic N) is 1. The highest BCUT2D eigenvalue weighted by molar-refractivity contribution is 7.92. The fraction of sp³-hybridized carbons (Fsp3) is 0.350. The van der Waals surface area contributed by atoms with E-state index in [9.17, 15) is 26.4 Å². The van der Waals surface area contributed by atoms with E-state index in [0.717, 1.165) is 40.4 Å². The third kappa shape index (κ3) is 5.50. The second kappa shape index (κ2) is 8.44. The number of sulfonamides is 1. The van der Waals surface area contributed by atoms with Crippen LogP contribution < -0.4 is 9.62 Å². The molecule has 0 heterocycles. The van der Waals surface area contributed by atoms with Gasteiger partial charge in [0.2, 0.25) is 15.9 Å². The average molecular weight is 428 g/mol. The molecule has 0 bridgehead atoms. The number of alkyl halides is 3. The lowest BCUT2D eigenvalue weighted by atomic mass is 10.1. The first-order chi connectivity index (χ1) is 13.3. The summed E-state index contributed by atoms with van der Waals surface area (Å²) < 4.78 is 64.2. The number of amides is 1. The topological polar surface area (TPSA) is 66.5 Å². The molecule has 5 nitrogen and oxygen atoms in total. The van der Waals surface area contributed by atoms with Gasteiger partial charge in [-0.2, -0.15) is 13.2 Å². The van der Waals surface area contributed by atoms with E-state index in [1.165, 1.54) is 0 Å². The molecule has 0 aromatic heterocycles. The second-order valence-corrected chi connectivity index (χ2v) is 8.70. The van der Waals surface area contributed by atoms with Gasteiger partial charge >= 0.3 is 6.18 Å². The van der Waals surface area contributed by atoms with Crippen molar-refractivity contribution in [3.8, 4) is 0 Å². The van der Waals surface area contributed by atoms with Crippen molar-refractivity contribution in [3.63, 3.8) is 0 Å². The van der Waals surface area contributed by atoms with Crippen molar-refractivity contribution < 1.29 is 26.4 Å². The summed E-state index contributed by atoms with van der Waals surface area (Å²) in [5, 5.41) is 2.52. The molecule has 1 amide bonds. The summed E-state index contributed by atoms with van der Waals surface area (Å²) in [6.07, 6.45) is -3.29. The van der Waals surface area contributed by atoms with Crippen molar-refractivity contribution >= 4 is 27.3 Å². The Hall–Kier alpha value is -2.55. The van der Waals surface area contributed by atoms with Gasteiger partial charge in [-0.15, -0.1) is 0 Å². The maximum absolute atomic E-state index is 12.8. The van der Waals surface area contributed by atoms with E-state index in [-0.39, 0.29) is 12.1 Å². The van der Waals surface area contributed by atoms with E-state index in [1.807, 2.05) is 13.0 Å². The molecule has 2 rings (SSSR count). The van der Waals surface area contributed by atoms with Gasteiger partial charge in [-0.25, -0.2) is 8.42 Å². The summed E-state index contributed by atoms with van der Waals surface area (Å²) in [7, 11) is -3.81. The Kier molecular flexibility index (Phi) is 6.62. The quantitative estimate of drug-likeness (QED) is 0.737. The van der Waals surface area contributed by atoms with Gasteiger partial charge < -0.3 is 5.32 Å². The Morgan fingerprint density at radius 1 is 1.10 bits per heavy atom. The molecule has 0 aliphatic heterocycles. The molecule has 0 saturated heterocycles. The number of hydrogen-bond donors (Lipinski definition) is 1. The van der Waals surface area contributed by atoms with Gasteiger partial charge in [-0.3, -0.25) is 9.10 Å². The normalized spacial score (nSPS) is 13.1. The number of rotatable bonds is 6. The maximum atomic E-state index is 12.8. The Morgan fingerprint density at radius 3 is 2.17 bits per heavy atom. The van der Waals surface area contributed by atoms with E-state index in [1.54, 1.807) is 26.0 Å². The molecule has 29 heavy (non-hydrogen) atoms. The molecule has 0 aliphatic carbocycles. The van der Waals surface area contributed by atoms with Gasteiger partial charge in [0, 0.05) is 5.69 Å². The van der Waals surface area contributed by atoms with E-state index in [0.29, 0.717) is 11.3 Å². The van der Waals surface area contributed by atoms with Gasteiger partial charge in [-0.05, 0) is 61.7 Å². The SMILES string of the molecule is CCC(C(=O)Nc1ccc(C(F)(F)F)cc1)N(c1cc(C)ccc1C)S(C)(=O)=O. The van der Waals surface area contributed by atoms with Crippen molar-refractivity contribution in [1.82, 2.24) is 0 Å². The fourth-order valence-electron chi connectivity index (χ4n) is 2.96. The first-order valence-corrected chi connectivity index (χ1v) is 10.7. The standard InChI is InChI=1S/C20H23F3N2O3S/c1-5-17(19(26)24-16-10-8-15(9-11-16)20(21,22)23)25(29(4,27)28)18-12-13(2)6-7-14(18)3/h6-12,17H,5H2,1-4H3,(H,24,26). The van der Waals surface area contributed by atoms with Crippen LogP contribution in [-0.2, 0) is 21.0 Å². The summed E-state index contributed by atoms with van der Waals surface area (Å²) in [4.78, 5) is 12.8. The number of aryl methyl sites for hydroxylation is 2. The van der Waals surface area contributed by atoms with Crippen LogP contribution in [0.1, 0.15) is 30.0 Å². The number of anilines is 2. The highest BCUT2D eigenvalue weighted by atomic mass is 32.2. The van der Waals surface area contributed by atoms with Gasteiger partial charge in [0.05, 0.1) is 17.5 Å². The smallest absolute Gasteiger partial charge is 0.324 e. The first-order valence-electron chi connectivity index (χ1n) is 8.89. The molecule has 0 radical (unpaired) electrons. The molecule has 9 heteroatoms. The number of hydrogen-bond acceptors (Lipinski definition) is 3. The van der Waals surface area contributed by atoms with Crippen LogP contribution in [0, 0.1) is 13.8 Å². The maximum Gasteiger partial charge on any atom is 0.416 e. The molecule has 158 valence electrons. The van der Waals surface area contributed by atoms with Crippen molar-refractivity contribution in [2.75, 3.05) is 15.9 Å². The molecule has 0 spiro atoms. The lowest BCUT2D eigenvalue weighted by Crippen LogP contribution is -2.47. The van der Waals surface area contributed by atoms with Gasteiger partial charge in [0.25, 0.3) is 0 Å². The highest BCUT2D eigenvalue weighted by Crippen LogP contribution is 2.31. The van der Waals surface area contributed by atoms with Gasteiger partial charge in [-0.1, -0.05) is 19.1 Å². The van der Waals surface area contributed by atoms with E-state index in [4.69, 9.17) is 0 Å². The lowest BCUT2D eigenvalue weighted by Gasteiger charge is -2.31. The summed E-state index contributed by atoms with van der Waals surface area (Å²) >= 11 is 0. The van der Waals surface area contributed by atoms with Crippen LogP contribution in [0.4, 0.5) is 24.5 Å². The molecule has 1 atom stereocenters. The molecule has 0 saturated carbocycles. The second-order valence-electron chi connectivity index (χ2n) is 6.84. The fourth-order valence-corrected chi connectivity index (χ4v) is 4.22. The van der Waals surface area contributed by atoms with E-state index >= 15 is 0 Å². The minimum atomic E-state index is -4.48. The Labute approximate surface area is 168 Å². The molecular weight excluding hydrogens is 405 g/mol. The first kappa shape index (κ1) is 22.7. The summed E-state index contributed by atoms with van der Waals surface area (Å²) in [5.74, 6) is -0.626. The molecule has 2 aromatic rings. The zero-order valence-electron chi connectivity index (χ0n) is 16.5. The third-order valence-corrected chi connectivity index (χ3v) is 5.58. The number of carbonyl (C=O) groups excluding carboxylic acids is 1. The van der Waals surface area contributed by atoms with Crippen molar-refractivity contribution in [2.45, 2.75) is 39.4 Å². The number of nitrogens with one attached hydrogen (secondary N) is 1. The van der Waals surface area contributed by atoms with Crippen molar-refractivity contribution in [1.29, 1.82) is 0 Å². The van der Waals surface area contributed by atoms with E-state index in [2.05, 4.69) is 5.32 Å². The number of halogens is 3. The Balaban J connectivity index is 2.37. The molecule has 0 aliphatic rings. The minimum Gasteiger partial charge on any atom is -0.324 e. The van der Waals surface area contributed by atoms with Crippen LogP contribution in [0.25, 0.3) is 0 Å². The third-order valence-electron chi connectivity index (χ3n) is 4.41. The zero-order chi connectivity index (χ0) is 22.0. The van der Waals surface area contributed by atoms with Gasteiger partial charge in [0.1, 0.15) is 6.04 Å². The molecular formula is C20H23F3N2O3S. The number of carbonyl (C=O) groups is 1. The summed E-state index contributed by atoms with van der Waals surface area (Å²) in [6.45, 7) is 5.22. The van der Waals surface area contributed by atoms with Crippen LogP contribution in [0.15, 0.2) is 42.5 Å². The number of benzene rings is 2. The Morgan fingerprint density at radius 2 is 1.69 bits per heavy atom. The van der Waals surface area contributed by atoms with Crippen LogP contribution in [0.2, 0.25) is 0 Å². The predicted molar refractivity (Wildman–Crippen MR) is 107 cm³/mol. The molecule has 0 fully saturated rings. The molecule has 1 N–H and O–H groups in total. The van der Waals surface area contributed by atoms with Crippen LogP contribution >= 0.6 is 0 Å². The van der Waals surface area contributed by atoms with Crippen LogP contribution in [-0.4, -0.2) is 26.6 Å². The van der Waals surface area contributed by atoms with Crippen LogP contribution in [0.5, 0.6) is 0 Å². The summed E-state index contributed by atoms with van der Waals surface area (Å²) in [5.41, 5.74) is 1.22. The van der Waals surface area contributed by atoms with Crippen LogP contribution in [0.3, 0.4) is 0 Å². The van der Waals surface area contributed by atoms with Gasteiger partial charge in [0.15, 0.2) is 0 Å². The predicted octanol–water partition coefficient (Wildman–Crippen LogP) is 4.51. The molecule has 2 aromatic carbocycles. The van der Waals surface area contributed by atoms with E-state index < -0.39 is 33.7 Å². The minimum absolute atomic E-state index is 0.149.